The predicted octanol–water partition coefficient (Wildman–Crippen LogP) is 3.13. The molecule has 0 fully saturated rings. The maximum absolute atomic E-state index is 12.1. The van der Waals surface area contributed by atoms with E-state index in [1.165, 1.54) is 13.2 Å². The Morgan fingerprint density at radius 2 is 1.96 bits per heavy atom. The third kappa shape index (κ3) is 3.80. The van der Waals surface area contributed by atoms with Gasteiger partial charge in [-0.2, -0.15) is 0 Å². The summed E-state index contributed by atoms with van der Waals surface area (Å²) in [6.45, 7) is 1.65. The molecule has 1 amide bonds. The summed E-state index contributed by atoms with van der Waals surface area (Å²) < 4.78 is 15.8. The lowest BCUT2D eigenvalue weighted by atomic mass is 10.1. The number of para-hydroxylation sites is 2. The van der Waals surface area contributed by atoms with Gasteiger partial charge in [-0.3, -0.25) is 4.79 Å². The molecule has 0 saturated heterocycles. The summed E-state index contributed by atoms with van der Waals surface area (Å²) >= 11 is 0. The lowest BCUT2D eigenvalue weighted by Gasteiger charge is -2.11. The van der Waals surface area contributed by atoms with Crippen LogP contribution in [0.5, 0.6) is 11.5 Å². The molecule has 6 heteroatoms. The molecule has 25 heavy (non-hydrogen) atoms. The summed E-state index contributed by atoms with van der Waals surface area (Å²) in [5, 5.41) is 3.55. The van der Waals surface area contributed by atoms with Gasteiger partial charge in [0.25, 0.3) is 5.91 Å². The summed E-state index contributed by atoms with van der Waals surface area (Å²) in [6.07, 6.45) is 0. The highest BCUT2D eigenvalue weighted by Gasteiger charge is 2.09. The first-order valence-electron chi connectivity index (χ1n) is 7.67. The molecular weight excluding hydrogens is 322 g/mol. The van der Waals surface area contributed by atoms with E-state index in [-0.39, 0.29) is 12.5 Å². The van der Waals surface area contributed by atoms with E-state index >= 15 is 0 Å². The van der Waals surface area contributed by atoms with E-state index in [1.807, 2.05) is 13.0 Å². The number of rotatable bonds is 5. The molecule has 128 valence electrons. The van der Waals surface area contributed by atoms with Crippen molar-refractivity contribution < 1.29 is 18.7 Å². The first-order valence-corrected chi connectivity index (χ1v) is 7.67. The van der Waals surface area contributed by atoms with E-state index in [0.29, 0.717) is 22.8 Å². The number of aryl methyl sites for hydroxylation is 1. The molecule has 6 nitrogen and oxygen atoms in total. The summed E-state index contributed by atoms with van der Waals surface area (Å²) in [6, 6.07) is 13.7. The van der Waals surface area contributed by atoms with Crippen molar-refractivity contribution in [3.63, 3.8) is 0 Å². The smallest absolute Gasteiger partial charge is 0.336 e. The number of hydrogen-bond donors (Lipinski definition) is 1. The van der Waals surface area contributed by atoms with Gasteiger partial charge in [-0.05, 0) is 36.8 Å². The first kappa shape index (κ1) is 16.6. The molecule has 0 aliphatic rings. The molecule has 1 aromatic heterocycles. The van der Waals surface area contributed by atoms with Crippen molar-refractivity contribution in [2.45, 2.75) is 6.92 Å². The SMILES string of the molecule is COc1ccccc1NC(=O)COc1ccc2c(C)cc(=O)oc2c1. The lowest BCUT2D eigenvalue weighted by molar-refractivity contribution is -0.118. The standard InChI is InChI=1S/C19H17NO5/c1-12-9-19(22)25-17-10-13(7-8-14(12)17)24-11-18(21)20-15-5-3-4-6-16(15)23-2/h3-10H,11H2,1-2H3,(H,20,21). The minimum atomic E-state index is -0.420. The number of amides is 1. The first-order chi connectivity index (χ1) is 12.1. The number of hydrogen-bond acceptors (Lipinski definition) is 5. The molecule has 0 spiro atoms. The molecule has 0 aliphatic carbocycles. The normalized spacial score (nSPS) is 10.5. The maximum atomic E-state index is 12.1. The largest absolute Gasteiger partial charge is 0.495 e. The van der Waals surface area contributed by atoms with Crippen LogP contribution >= 0.6 is 0 Å². The van der Waals surface area contributed by atoms with Gasteiger partial charge in [0.1, 0.15) is 17.1 Å². The van der Waals surface area contributed by atoms with E-state index in [4.69, 9.17) is 13.9 Å². The van der Waals surface area contributed by atoms with Gasteiger partial charge in [0.2, 0.25) is 0 Å². The van der Waals surface area contributed by atoms with E-state index in [0.717, 1.165) is 10.9 Å². The number of ether oxygens (including phenoxy) is 2. The zero-order valence-electron chi connectivity index (χ0n) is 13.9. The Bertz CT molecular complexity index is 977. The molecule has 1 N–H and O–H groups in total. The van der Waals surface area contributed by atoms with Crippen molar-refractivity contribution in [3.8, 4) is 11.5 Å². The number of carbonyl (C=O) groups excluding carboxylic acids is 1. The van der Waals surface area contributed by atoms with Crippen LogP contribution in [0.15, 0.2) is 57.7 Å². The fourth-order valence-electron chi connectivity index (χ4n) is 2.48. The van der Waals surface area contributed by atoms with Crippen molar-refractivity contribution in [2.75, 3.05) is 19.0 Å². The second-order valence-electron chi connectivity index (χ2n) is 5.44. The van der Waals surface area contributed by atoms with Crippen LogP contribution in [0.2, 0.25) is 0 Å². The van der Waals surface area contributed by atoms with Crippen molar-refractivity contribution >= 4 is 22.6 Å². The van der Waals surface area contributed by atoms with Gasteiger partial charge < -0.3 is 19.2 Å². The van der Waals surface area contributed by atoms with Crippen molar-refractivity contribution in [3.05, 3.63) is 64.5 Å². The van der Waals surface area contributed by atoms with Crippen LogP contribution in [-0.2, 0) is 4.79 Å². The van der Waals surface area contributed by atoms with Gasteiger partial charge in [0, 0.05) is 17.5 Å². The van der Waals surface area contributed by atoms with Crippen molar-refractivity contribution in [1.82, 2.24) is 0 Å². The highest BCUT2D eigenvalue weighted by Crippen LogP contribution is 2.24. The minimum Gasteiger partial charge on any atom is -0.495 e. The van der Waals surface area contributed by atoms with Crippen LogP contribution in [0.1, 0.15) is 5.56 Å². The minimum absolute atomic E-state index is 0.181. The second kappa shape index (κ2) is 7.09. The molecule has 3 rings (SSSR count). The lowest BCUT2D eigenvalue weighted by Crippen LogP contribution is -2.20. The fraction of sp³-hybridized carbons (Fsp3) is 0.158. The Kier molecular flexibility index (Phi) is 4.70. The van der Waals surface area contributed by atoms with Gasteiger partial charge in [-0.25, -0.2) is 4.79 Å². The summed E-state index contributed by atoms with van der Waals surface area (Å²) in [5.74, 6) is 0.686. The maximum Gasteiger partial charge on any atom is 0.336 e. The summed E-state index contributed by atoms with van der Waals surface area (Å²) in [4.78, 5) is 23.5. The van der Waals surface area contributed by atoms with Gasteiger partial charge >= 0.3 is 5.63 Å². The Balaban J connectivity index is 1.70. The number of methoxy groups -OCH3 is 1. The van der Waals surface area contributed by atoms with Gasteiger partial charge in [-0.15, -0.1) is 0 Å². The number of carbonyl (C=O) groups is 1. The molecule has 0 bridgehead atoms. The molecule has 0 unspecified atom stereocenters. The van der Waals surface area contributed by atoms with Crippen LogP contribution in [0.4, 0.5) is 5.69 Å². The number of nitrogens with one attached hydrogen (secondary N) is 1. The van der Waals surface area contributed by atoms with Gasteiger partial charge in [0.05, 0.1) is 12.8 Å². The molecular formula is C19H17NO5. The van der Waals surface area contributed by atoms with E-state index < -0.39 is 5.63 Å². The topological polar surface area (TPSA) is 77.8 Å². The zero-order chi connectivity index (χ0) is 17.8. The zero-order valence-corrected chi connectivity index (χ0v) is 13.9. The molecule has 0 radical (unpaired) electrons. The van der Waals surface area contributed by atoms with Crippen LogP contribution in [0, 0.1) is 6.92 Å². The van der Waals surface area contributed by atoms with Crippen molar-refractivity contribution in [1.29, 1.82) is 0 Å². The Labute approximate surface area is 144 Å². The predicted molar refractivity (Wildman–Crippen MR) is 94.3 cm³/mol. The van der Waals surface area contributed by atoms with Crippen molar-refractivity contribution in [2.24, 2.45) is 0 Å². The Morgan fingerprint density at radius 1 is 1.16 bits per heavy atom. The average molecular weight is 339 g/mol. The molecule has 3 aromatic rings. The third-order valence-electron chi connectivity index (χ3n) is 3.67. The highest BCUT2D eigenvalue weighted by molar-refractivity contribution is 5.93. The number of anilines is 1. The van der Waals surface area contributed by atoms with E-state index in [9.17, 15) is 9.59 Å². The molecule has 2 aromatic carbocycles. The van der Waals surface area contributed by atoms with Gasteiger partial charge in [0.15, 0.2) is 6.61 Å². The second-order valence-corrected chi connectivity index (χ2v) is 5.44. The Morgan fingerprint density at radius 3 is 2.76 bits per heavy atom. The van der Waals surface area contributed by atoms with Crippen LogP contribution in [0.3, 0.4) is 0 Å². The molecule has 0 atom stereocenters. The Hall–Kier alpha value is -3.28. The third-order valence-corrected chi connectivity index (χ3v) is 3.67. The quantitative estimate of drug-likeness (QED) is 0.723. The molecule has 0 aliphatic heterocycles. The van der Waals surface area contributed by atoms with Crippen LogP contribution in [0.25, 0.3) is 11.0 Å². The molecule has 1 heterocycles. The highest BCUT2D eigenvalue weighted by atomic mass is 16.5. The summed E-state index contributed by atoms with van der Waals surface area (Å²) in [7, 11) is 1.53. The number of fused-ring (bicyclic) bond motifs is 1. The van der Waals surface area contributed by atoms with E-state index in [1.54, 1.807) is 36.4 Å². The average Bonchev–Trinajstić information content (AvgIpc) is 2.60. The van der Waals surface area contributed by atoms with Crippen LogP contribution < -0.4 is 20.4 Å². The number of benzene rings is 2. The van der Waals surface area contributed by atoms with E-state index in [2.05, 4.69) is 5.32 Å². The van der Waals surface area contributed by atoms with Crippen LogP contribution in [-0.4, -0.2) is 19.6 Å². The molecule has 0 saturated carbocycles. The summed E-state index contributed by atoms with van der Waals surface area (Å²) in [5.41, 5.74) is 1.40. The monoisotopic (exact) mass is 339 g/mol. The fourth-order valence-corrected chi connectivity index (χ4v) is 2.48. The van der Waals surface area contributed by atoms with Gasteiger partial charge in [-0.1, -0.05) is 12.1 Å².